The molecule has 21 heavy (non-hydrogen) atoms. The normalized spacial score (nSPS) is 25.5. The highest BCUT2D eigenvalue weighted by Gasteiger charge is 2.31. The molecule has 2 aliphatic carbocycles. The lowest BCUT2D eigenvalue weighted by Crippen LogP contribution is -2.22. The summed E-state index contributed by atoms with van der Waals surface area (Å²) in [6, 6.07) is 7.92. The minimum atomic E-state index is 0.369. The van der Waals surface area contributed by atoms with Crippen molar-refractivity contribution in [3.05, 3.63) is 35.4 Å². The molecule has 1 atom stereocenters. The van der Waals surface area contributed by atoms with Gasteiger partial charge in [-0.15, -0.1) is 0 Å². The third kappa shape index (κ3) is 3.37. The molecule has 0 heterocycles. The maximum absolute atomic E-state index is 12.4. The SMILES string of the molecule is COc1ccc(/C=C2/CCC(C3CCCC3)CC2=O)cc1. The van der Waals surface area contributed by atoms with Gasteiger partial charge in [0, 0.05) is 6.42 Å². The Morgan fingerprint density at radius 2 is 1.76 bits per heavy atom. The fourth-order valence-corrected chi connectivity index (χ4v) is 3.84. The van der Waals surface area contributed by atoms with Crippen molar-refractivity contribution in [1.29, 1.82) is 0 Å². The van der Waals surface area contributed by atoms with E-state index < -0.39 is 0 Å². The van der Waals surface area contributed by atoms with Gasteiger partial charge in [-0.25, -0.2) is 0 Å². The average molecular weight is 284 g/mol. The van der Waals surface area contributed by atoms with Crippen LogP contribution in [0.3, 0.4) is 0 Å². The first kappa shape index (κ1) is 14.4. The largest absolute Gasteiger partial charge is 0.497 e. The number of carbonyl (C=O) groups is 1. The summed E-state index contributed by atoms with van der Waals surface area (Å²) in [5.41, 5.74) is 2.10. The molecule has 0 amide bonds. The molecule has 2 nitrogen and oxygen atoms in total. The molecule has 0 saturated heterocycles. The number of benzene rings is 1. The summed E-state index contributed by atoms with van der Waals surface area (Å²) in [7, 11) is 1.67. The van der Waals surface area contributed by atoms with E-state index in [2.05, 4.69) is 6.08 Å². The molecule has 0 spiro atoms. The van der Waals surface area contributed by atoms with Crippen molar-refractivity contribution in [3.63, 3.8) is 0 Å². The first-order chi connectivity index (χ1) is 10.3. The molecule has 1 aromatic carbocycles. The number of methoxy groups -OCH3 is 1. The van der Waals surface area contributed by atoms with Gasteiger partial charge in [0.2, 0.25) is 0 Å². The quantitative estimate of drug-likeness (QED) is 0.756. The van der Waals surface area contributed by atoms with E-state index in [1.54, 1.807) is 7.11 Å². The molecule has 2 heteroatoms. The molecule has 2 fully saturated rings. The molecule has 0 N–H and O–H groups in total. The molecule has 1 aromatic rings. The van der Waals surface area contributed by atoms with E-state index in [1.807, 2.05) is 24.3 Å². The number of carbonyl (C=O) groups excluding carboxylic acids is 1. The van der Waals surface area contributed by atoms with Crippen molar-refractivity contribution in [2.24, 2.45) is 11.8 Å². The summed E-state index contributed by atoms with van der Waals surface area (Å²) in [4.78, 5) is 12.4. The molecule has 0 aromatic heterocycles. The van der Waals surface area contributed by atoms with E-state index in [-0.39, 0.29) is 0 Å². The van der Waals surface area contributed by atoms with Crippen LogP contribution in [0.15, 0.2) is 29.8 Å². The smallest absolute Gasteiger partial charge is 0.159 e. The van der Waals surface area contributed by atoms with Crippen LogP contribution in [0.5, 0.6) is 5.75 Å². The number of hydrogen-bond donors (Lipinski definition) is 0. The van der Waals surface area contributed by atoms with Crippen LogP contribution in [0.2, 0.25) is 0 Å². The second-order valence-corrected chi connectivity index (χ2v) is 6.41. The van der Waals surface area contributed by atoms with Gasteiger partial charge in [0.05, 0.1) is 7.11 Å². The van der Waals surface area contributed by atoms with Crippen molar-refractivity contribution in [2.75, 3.05) is 7.11 Å². The third-order valence-corrected chi connectivity index (χ3v) is 5.11. The van der Waals surface area contributed by atoms with E-state index >= 15 is 0 Å². The summed E-state index contributed by atoms with van der Waals surface area (Å²) in [5.74, 6) is 2.69. The second-order valence-electron chi connectivity index (χ2n) is 6.41. The zero-order valence-corrected chi connectivity index (χ0v) is 12.8. The maximum atomic E-state index is 12.4. The Morgan fingerprint density at radius 3 is 2.38 bits per heavy atom. The third-order valence-electron chi connectivity index (χ3n) is 5.11. The van der Waals surface area contributed by atoms with Gasteiger partial charge in [-0.2, -0.15) is 0 Å². The Hall–Kier alpha value is -1.57. The molecule has 3 rings (SSSR count). The van der Waals surface area contributed by atoms with E-state index in [1.165, 1.54) is 32.1 Å². The molecule has 0 radical (unpaired) electrons. The Balaban J connectivity index is 1.66. The maximum Gasteiger partial charge on any atom is 0.159 e. The Labute approximate surface area is 127 Å². The first-order valence-electron chi connectivity index (χ1n) is 8.14. The molecular weight excluding hydrogens is 260 g/mol. The lowest BCUT2D eigenvalue weighted by atomic mass is 9.76. The molecule has 2 saturated carbocycles. The van der Waals surface area contributed by atoms with Crippen LogP contribution in [0.4, 0.5) is 0 Å². The highest BCUT2D eigenvalue weighted by atomic mass is 16.5. The van der Waals surface area contributed by atoms with Crippen LogP contribution in [-0.2, 0) is 4.79 Å². The van der Waals surface area contributed by atoms with Crippen LogP contribution in [0.25, 0.3) is 6.08 Å². The van der Waals surface area contributed by atoms with Gasteiger partial charge in [0.25, 0.3) is 0 Å². The molecule has 1 unspecified atom stereocenters. The summed E-state index contributed by atoms with van der Waals surface area (Å²) in [6.45, 7) is 0. The standard InChI is InChI=1S/C19H24O2/c1-21-18-10-6-14(7-11-18)12-17-9-8-16(13-19(17)20)15-4-2-3-5-15/h6-7,10-12,15-16H,2-5,8-9,13H2,1H3/b17-12-. The average Bonchev–Trinajstić information content (AvgIpc) is 3.04. The number of rotatable bonds is 3. The zero-order valence-electron chi connectivity index (χ0n) is 12.8. The van der Waals surface area contributed by atoms with Gasteiger partial charge in [-0.05, 0) is 54.0 Å². The number of hydrogen-bond acceptors (Lipinski definition) is 2. The number of allylic oxidation sites excluding steroid dienone is 1. The lowest BCUT2D eigenvalue weighted by Gasteiger charge is -2.27. The summed E-state index contributed by atoms with van der Waals surface area (Å²) in [5, 5.41) is 0. The van der Waals surface area contributed by atoms with Crippen LogP contribution in [0.1, 0.15) is 50.5 Å². The lowest BCUT2D eigenvalue weighted by molar-refractivity contribution is -0.118. The van der Waals surface area contributed by atoms with Gasteiger partial charge in [0.1, 0.15) is 5.75 Å². The molecular formula is C19H24O2. The van der Waals surface area contributed by atoms with Gasteiger partial charge >= 0.3 is 0 Å². The van der Waals surface area contributed by atoms with E-state index in [0.717, 1.165) is 35.6 Å². The predicted molar refractivity (Wildman–Crippen MR) is 85.3 cm³/mol. The Morgan fingerprint density at radius 1 is 1.05 bits per heavy atom. The summed E-state index contributed by atoms with van der Waals surface area (Å²) in [6.07, 6.45) is 10.4. The van der Waals surface area contributed by atoms with Crippen LogP contribution >= 0.6 is 0 Å². The number of ether oxygens (including phenoxy) is 1. The number of Topliss-reactive ketones (excluding diaryl/α,β-unsaturated/α-hetero) is 1. The van der Waals surface area contributed by atoms with Crippen molar-refractivity contribution >= 4 is 11.9 Å². The minimum absolute atomic E-state index is 0.369. The first-order valence-corrected chi connectivity index (χ1v) is 8.14. The fraction of sp³-hybridized carbons (Fsp3) is 0.526. The monoisotopic (exact) mass is 284 g/mol. The summed E-state index contributed by atoms with van der Waals surface area (Å²) < 4.78 is 5.16. The van der Waals surface area contributed by atoms with Crippen molar-refractivity contribution in [2.45, 2.75) is 44.9 Å². The van der Waals surface area contributed by atoms with Crippen molar-refractivity contribution in [1.82, 2.24) is 0 Å². The Bertz CT molecular complexity index is 521. The Kier molecular flexibility index (Phi) is 4.42. The topological polar surface area (TPSA) is 26.3 Å². The van der Waals surface area contributed by atoms with E-state index in [4.69, 9.17) is 4.74 Å². The molecule has 112 valence electrons. The zero-order chi connectivity index (χ0) is 14.7. The predicted octanol–water partition coefficient (Wildman–Crippen LogP) is 4.64. The van der Waals surface area contributed by atoms with E-state index in [9.17, 15) is 4.79 Å². The summed E-state index contributed by atoms with van der Waals surface area (Å²) >= 11 is 0. The van der Waals surface area contributed by atoms with Crippen LogP contribution in [0, 0.1) is 11.8 Å². The van der Waals surface area contributed by atoms with Crippen molar-refractivity contribution < 1.29 is 9.53 Å². The van der Waals surface area contributed by atoms with Gasteiger partial charge in [-0.3, -0.25) is 4.79 Å². The van der Waals surface area contributed by atoms with Crippen LogP contribution in [-0.4, -0.2) is 12.9 Å². The highest BCUT2D eigenvalue weighted by molar-refractivity contribution is 6.00. The second kappa shape index (κ2) is 6.46. The van der Waals surface area contributed by atoms with Gasteiger partial charge in [-0.1, -0.05) is 37.8 Å². The van der Waals surface area contributed by atoms with Crippen molar-refractivity contribution in [3.8, 4) is 5.75 Å². The highest BCUT2D eigenvalue weighted by Crippen LogP contribution is 2.39. The van der Waals surface area contributed by atoms with Crippen LogP contribution < -0.4 is 4.74 Å². The molecule has 0 bridgehead atoms. The minimum Gasteiger partial charge on any atom is -0.497 e. The molecule has 2 aliphatic rings. The van der Waals surface area contributed by atoms with Gasteiger partial charge in [0.15, 0.2) is 5.78 Å². The molecule has 0 aliphatic heterocycles. The van der Waals surface area contributed by atoms with Gasteiger partial charge < -0.3 is 4.74 Å². The fourth-order valence-electron chi connectivity index (χ4n) is 3.84. The van der Waals surface area contributed by atoms with E-state index in [0.29, 0.717) is 11.7 Å². The number of ketones is 1.